The van der Waals surface area contributed by atoms with Gasteiger partial charge in [-0.2, -0.15) is 0 Å². The van der Waals surface area contributed by atoms with Crippen LogP contribution in [0.3, 0.4) is 0 Å². The molecule has 2 aliphatic rings. The maximum atomic E-state index is 14.4. The minimum Gasteiger partial charge on any atom is -0.468 e. The molecule has 0 unspecified atom stereocenters. The van der Waals surface area contributed by atoms with Crippen LogP contribution in [0.4, 0.5) is 21.5 Å². The molecule has 6 nitrogen and oxygen atoms in total. The molecule has 0 saturated carbocycles. The second-order valence-electron chi connectivity index (χ2n) is 7.37. The zero-order valence-corrected chi connectivity index (χ0v) is 16.8. The number of nitrogen functional groups attached to an aromatic ring is 1. The van der Waals surface area contributed by atoms with Crippen LogP contribution in [-0.2, 0) is 9.53 Å². The lowest BCUT2D eigenvalue weighted by Crippen LogP contribution is -2.44. The van der Waals surface area contributed by atoms with Gasteiger partial charge in [0.25, 0.3) is 6.47 Å². The predicted octanol–water partition coefficient (Wildman–Crippen LogP) is 2.58. The zero-order valence-electron chi connectivity index (χ0n) is 16.8. The first kappa shape index (κ1) is 21.3. The van der Waals surface area contributed by atoms with Crippen LogP contribution < -0.4 is 15.5 Å². The summed E-state index contributed by atoms with van der Waals surface area (Å²) < 4.78 is 18.5. The molecule has 2 heterocycles. The number of hydrogen-bond donors (Lipinski definition) is 1. The third-order valence-corrected chi connectivity index (χ3v) is 5.30. The standard InChI is InChI=1S/C17H27FN4.C3H6O2/c1-13-3-5-21(6-4-13)16-12-17(15(19)11-14(16)18)22-9-7-20(2)8-10-22;1-2-5-3-4/h11-13H,3-10,19H2,1-2H3;3H,2H2,1H3. The van der Waals surface area contributed by atoms with Gasteiger partial charge in [-0.25, -0.2) is 4.39 Å². The maximum Gasteiger partial charge on any atom is 0.293 e. The van der Waals surface area contributed by atoms with Gasteiger partial charge in [-0.15, -0.1) is 0 Å². The molecule has 27 heavy (non-hydrogen) atoms. The molecule has 3 rings (SSSR count). The van der Waals surface area contributed by atoms with E-state index in [-0.39, 0.29) is 5.82 Å². The number of carbonyl (C=O) groups excluding carboxylic acids is 1. The minimum absolute atomic E-state index is 0.190. The van der Waals surface area contributed by atoms with Crippen LogP contribution >= 0.6 is 0 Å². The van der Waals surface area contributed by atoms with Crippen molar-refractivity contribution in [2.24, 2.45) is 5.92 Å². The number of benzene rings is 1. The lowest BCUT2D eigenvalue weighted by molar-refractivity contribution is -0.128. The molecule has 152 valence electrons. The van der Waals surface area contributed by atoms with Crippen molar-refractivity contribution in [1.29, 1.82) is 0 Å². The Balaban J connectivity index is 0.000000465. The summed E-state index contributed by atoms with van der Waals surface area (Å²) in [5, 5.41) is 0. The van der Waals surface area contributed by atoms with Crippen molar-refractivity contribution >= 4 is 23.5 Å². The Morgan fingerprint density at radius 1 is 1.11 bits per heavy atom. The van der Waals surface area contributed by atoms with Crippen LogP contribution in [0.5, 0.6) is 0 Å². The Morgan fingerprint density at radius 2 is 1.70 bits per heavy atom. The summed E-state index contributed by atoms with van der Waals surface area (Å²) in [6.45, 7) is 10.7. The van der Waals surface area contributed by atoms with Crippen molar-refractivity contribution in [3.05, 3.63) is 17.9 Å². The van der Waals surface area contributed by atoms with Crippen molar-refractivity contribution in [3.63, 3.8) is 0 Å². The van der Waals surface area contributed by atoms with E-state index in [0.29, 0.717) is 18.8 Å². The highest BCUT2D eigenvalue weighted by Gasteiger charge is 2.22. The van der Waals surface area contributed by atoms with Gasteiger partial charge in [-0.3, -0.25) is 4.79 Å². The summed E-state index contributed by atoms with van der Waals surface area (Å²) in [6, 6.07) is 3.47. The van der Waals surface area contributed by atoms with E-state index in [1.165, 1.54) is 6.07 Å². The number of rotatable bonds is 4. The van der Waals surface area contributed by atoms with Gasteiger partial charge in [0.1, 0.15) is 5.82 Å². The smallest absolute Gasteiger partial charge is 0.293 e. The number of nitrogens with zero attached hydrogens (tertiary/aromatic N) is 3. The molecule has 1 aromatic rings. The third-order valence-electron chi connectivity index (χ3n) is 5.30. The fourth-order valence-corrected chi connectivity index (χ4v) is 3.45. The zero-order chi connectivity index (χ0) is 19.8. The van der Waals surface area contributed by atoms with Crippen LogP contribution in [0.15, 0.2) is 12.1 Å². The van der Waals surface area contributed by atoms with Gasteiger partial charge in [0.05, 0.1) is 23.7 Å². The third kappa shape index (κ3) is 5.99. The number of carbonyl (C=O) groups is 1. The van der Waals surface area contributed by atoms with Crippen molar-refractivity contribution in [3.8, 4) is 0 Å². The monoisotopic (exact) mass is 380 g/mol. The van der Waals surface area contributed by atoms with Crippen molar-refractivity contribution in [2.45, 2.75) is 26.7 Å². The summed E-state index contributed by atoms with van der Waals surface area (Å²) in [7, 11) is 2.13. The molecule has 0 bridgehead atoms. The predicted molar refractivity (Wildman–Crippen MR) is 109 cm³/mol. The summed E-state index contributed by atoms with van der Waals surface area (Å²) in [6.07, 6.45) is 2.27. The number of piperidine rings is 1. The highest BCUT2D eigenvalue weighted by atomic mass is 19.1. The first-order valence-electron chi connectivity index (χ1n) is 9.79. The fraction of sp³-hybridized carbons (Fsp3) is 0.650. The number of hydrogen-bond acceptors (Lipinski definition) is 6. The normalized spacial score (nSPS) is 18.7. The SMILES string of the molecule is CC1CCN(c2cc(N3CCN(C)CC3)c(N)cc2F)CC1.CCOC=O. The molecule has 0 spiro atoms. The van der Waals surface area contributed by atoms with E-state index >= 15 is 0 Å². The van der Waals surface area contributed by atoms with Crippen LogP contribution in [-0.4, -0.2) is 64.3 Å². The molecule has 7 heteroatoms. The molecule has 2 fully saturated rings. The average Bonchev–Trinajstić information content (AvgIpc) is 2.65. The molecule has 1 aromatic carbocycles. The van der Waals surface area contributed by atoms with Gasteiger partial charge < -0.3 is 25.2 Å². The number of ether oxygens (including phenoxy) is 1. The number of halogens is 1. The molecular weight excluding hydrogens is 347 g/mol. The second kappa shape index (κ2) is 10.3. The number of likely N-dealkylation sites (N-methyl/N-ethyl adjacent to an activating group) is 1. The molecule has 0 aliphatic carbocycles. The van der Waals surface area contributed by atoms with Gasteiger partial charge in [0.2, 0.25) is 0 Å². The van der Waals surface area contributed by atoms with Gasteiger partial charge in [0.15, 0.2) is 0 Å². The summed E-state index contributed by atoms with van der Waals surface area (Å²) in [5.41, 5.74) is 8.35. The molecule has 2 aliphatic heterocycles. The van der Waals surface area contributed by atoms with Crippen molar-refractivity contribution < 1.29 is 13.9 Å². The Labute approximate surface area is 162 Å². The molecule has 2 N–H and O–H groups in total. The van der Waals surface area contributed by atoms with Crippen LogP contribution in [0.1, 0.15) is 26.7 Å². The van der Waals surface area contributed by atoms with E-state index in [1.54, 1.807) is 6.92 Å². The average molecular weight is 381 g/mol. The molecule has 2 saturated heterocycles. The molecule has 0 radical (unpaired) electrons. The largest absolute Gasteiger partial charge is 0.468 e. The number of piperazine rings is 1. The summed E-state index contributed by atoms with van der Waals surface area (Å²) in [5.74, 6) is 0.551. The number of anilines is 3. The van der Waals surface area contributed by atoms with E-state index in [1.807, 2.05) is 6.07 Å². The maximum absolute atomic E-state index is 14.4. The Morgan fingerprint density at radius 3 is 2.22 bits per heavy atom. The molecular formula is C20H33FN4O2. The van der Waals surface area contributed by atoms with E-state index < -0.39 is 0 Å². The van der Waals surface area contributed by atoms with Gasteiger partial charge in [-0.05, 0) is 38.8 Å². The lowest BCUT2D eigenvalue weighted by Gasteiger charge is -2.36. The van der Waals surface area contributed by atoms with Crippen LogP contribution in [0.2, 0.25) is 0 Å². The lowest BCUT2D eigenvalue weighted by atomic mass is 9.98. The quantitative estimate of drug-likeness (QED) is 0.640. The van der Waals surface area contributed by atoms with Gasteiger partial charge >= 0.3 is 0 Å². The Hall–Kier alpha value is -2.02. The van der Waals surface area contributed by atoms with E-state index in [9.17, 15) is 9.18 Å². The van der Waals surface area contributed by atoms with Crippen LogP contribution in [0, 0.1) is 11.7 Å². The summed E-state index contributed by atoms with van der Waals surface area (Å²) in [4.78, 5) is 15.9. The first-order valence-corrected chi connectivity index (χ1v) is 9.79. The highest BCUT2D eigenvalue weighted by molar-refractivity contribution is 5.74. The van der Waals surface area contributed by atoms with E-state index in [0.717, 1.165) is 69.4 Å². The van der Waals surface area contributed by atoms with E-state index in [4.69, 9.17) is 5.73 Å². The molecule has 0 amide bonds. The molecule has 0 atom stereocenters. The fourth-order valence-electron chi connectivity index (χ4n) is 3.45. The Kier molecular flexibility index (Phi) is 8.16. The van der Waals surface area contributed by atoms with Crippen molar-refractivity contribution in [2.75, 3.05) is 68.5 Å². The first-order chi connectivity index (χ1) is 13.0. The number of nitrogens with two attached hydrogens (primary N) is 1. The summed E-state index contributed by atoms with van der Waals surface area (Å²) >= 11 is 0. The van der Waals surface area contributed by atoms with Crippen molar-refractivity contribution in [1.82, 2.24) is 4.90 Å². The van der Waals surface area contributed by atoms with Gasteiger partial charge in [-0.1, -0.05) is 6.92 Å². The van der Waals surface area contributed by atoms with Gasteiger partial charge in [0, 0.05) is 45.3 Å². The topological polar surface area (TPSA) is 62.0 Å². The highest BCUT2D eigenvalue weighted by Crippen LogP contribution is 2.34. The molecule has 0 aromatic heterocycles. The van der Waals surface area contributed by atoms with E-state index in [2.05, 4.69) is 33.4 Å². The van der Waals surface area contributed by atoms with Crippen LogP contribution in [0.25, 0.3) is 0 Å². The minimum atomic E-state index is -0.190. The Bertz CT molecular complexity index is 555. The second-order valence-corrected chi connectivity index (χ2v) is 7.37.